The van der Waals surface area contributed by atoms with Gasteiger partial charge in [-0.2, -0.15) is 0 Å². The Bertz CT molecular complexity index is 1220. The largest absolute Gasteiger partial charge is 0.493 e. The van der Waals surface area contributed by atoms with Gasteiger partial charge in [-0.15, -0.1) is 11.3 Å². The van der Waals surface area contributed by atoms with Crippen LogP contribution in [0.5, 0.6) is 11.6 Å². The topological polar surface area (TPSA) is 75.5 Å². The van der Waals surface area contributed by atoms with Crippen molar-refractivity contribution in [2.24, 2.45) is 0 Å². The molecule has 0 saturated heterocycles. The zero-order valence-corrected chi connectivity index (χ0v) is 19.8. The molecule has 0 unspecified atom stereocenters. The van der Waals surface area contributed by atoms with E-state index in [1.807, 2.05) is 54.1 Å². The van der Waals surface area contributed by atoms with Gasteiger partial charge < -0.3 is 18.8 Å². The number of ether oxygens (including phenoxy) is 3. The normalized spacial score (nSPS) is 12.0. The molecule has 33 heavy (non-hydrogen) atoms. The van der Waals surface area contributed by atoms with Gasteiger partial charge in [0.05, 0.1) is 26.0 Å². The molecule has 0 N–H and O–H groups in total. The lowest BCUT2D eigenvalue weighted by Crippen LogP contribution is -2.16. The molecule has 0 aliphatic carbocycles. The van der Waals surface area contributed by atoms with E-state index in [2.05, 4.69) is 22.3 Å². The summed E-state index contributed by atoms with van der Waals surface area (Å²) in [5.41, 5.74) is 3.06. The van der Waals surface area contributed by atoms with E-state index < -0.39 is 0 Å². The molecule has 3 aromatic heterocycles. The number of esters is 1. The lowest BCUT2D eigenvalue weighted by Gasteiger charge is -2.13. The molecule has 7 nitrogen and oxygen atoms in total. The number of aryl methyl sites for hydroxylation is 1. The van der Waals surface area contributed by atoms with Gasteiger partial charge in [0.25, 0.3) is 0 Å². The molecular formula is C25H27N3O4S. The highest BCUT2D eigenvalue weighted by molar-refractivity contribution is 7.13. The molecule has 172 valence electrons. The van der Waals surface area contributed by atoms with Crippen LogP contribution in [-0.4, -0.2) is 40.8 Å². The summed E-state index contributed by atoms with van der Waals surface area (Å²) in [6, 6.07) is 11.3. The van der Waals surface area contributed by atoms with Gasteiger partial charge in [0.2, 0.25) is 5.88 Å². The summed E-state index contributed by atoms with van der Waals surface area (Å²) in [5, 5.41) is 4.07. The fourth-order valence-corrected chi connectivity index (χ4v) is 4.37. The molecule has 1 atom stereocenters. The molecule has 8 heteroatoms. The summed E-state index contributed by atoms with van der Waals surface area (Å²) < 4.78 is 18.4. The van der Waals surface area contributed by atoms with Crippen LogP contribution in [0.25, 0.3) is 21.5 Å². The highest BCUT2D eigenvalue weighted by Crippen LogP contribution is 2.26. The molecule has 3 heterocycles. The van der Waals surface area contributed by atoms with E-state index in [4.69, 9.17) is 14.2 Å². The van der Waals surface area contributed by atoms with Crippen LogP contribution in [0.15, 0.2) is 54.2 Å². The lowest BCUT2D eigenvalue weighted by atomic mass is 10.2. The molecule has 0 fully saturated rings. The molecule has 0 amide bonds. The number of benzene rings is 1. The summed E-state index contributed by atoms with van der Waals surface area (Å²) >= 11 is 1.63. The average molecular weight is 466 g/mol. The van der Waals surface area contributed by atoms with Crippen molar-refractivity contribution in [3.8, 4) is 22.2 Å². The smallest absolute Gasteiger partial charge is 0.328 e. The Labute approximate surface area is 197 Å². The third-order valence-electron chi connectivity index (χ3n) is 5.36. The Morgan fingerprint density at radius 2 is 2.00 bits per heavy atom. The predicted molar refractivity (Wildman–Crippen MR) is 129 cm³/mol. The number of carbonyl (C=O) groups excluding carboxylic acids is 1. The number of methoxy groups -OCH3 is 1. The quantitative estimate of drug-likeness (QED) is 0.234. The predicted octanol–water partition coefficient (Wildman–Crippen LogP) is 5.30. The summed E-state index contributed by atoms with van der Waals surface area (Å²) in [4.78, 5) is 20.8. The number of thiazole rings is 1. The van der Waals surface area contributed by atoms with Crippen molar-refractivity contribution >= 4 is 28.2 Å². The number of pyridine rings is 1. The fraction of sp³-hybridized carbons (Fsp3) is 0.320. The van der Waals surface area contributed by atoms with Crippen LogP contribution in [-0.2, 0) is 16.0 Å². The first-order valence-corrected chi connectivity index (χ1v) is 11.8. The molecule has 4 rings (SSSR count). The number of hydrogen-bond acceptors (Lipinski definition) is 7. The zero-order chi connectivity index (χ0) is 23.2. The van der Waals surface area contributed by atoms with Crippen LogP contribution in [0.1, 0.15) is 32.0 Å². The second-order valence-corrected chi connectivity index (χ2v) is 8.43. The van der Waals surface area contributed by atoms with Gasteiger partial charge in [0.1, 0.15) is 16.8 Å². The van der Waals surface area contributed by atoms with E-state index in [0.29, 0.717) is 19.1 Å². The summed E-state index contributed by atoms with van der Waals surface area (Å²) in [6.45, 7) is 4.96. The van der Waals surface area contributed by atoms with Gasteiger partial charge in [0, 0.05) is 46.7 Å². The van der Waals surface area contributed by atoms with E-state index in [1.165, 1.54) is 7.11 Å². The Balaban J connectivity index is 1.25. The molecule has 0 radical (unpaired) electrons. The van der Waals surface area contributed by atoms with E-state index in [9.17, 15) is 4.79 Å². The van der Waals surface area contributed by atoms with Crippen molar-refractivity contribution < 1.29 is 19.0 Å². The van der Waals surface area contributed by atoms with Crippen LogP contribution < -0.4 is 9.47 Å². The van der Waals surface area contributed by atoms with Crippen LogP contribution in [0.4, 0.5) is 0 Å². The van der Waals surface area contributed by atoms with E-state index in [-0.39, 0.29) is 12.0 Å². The van der Waals surface area contributed by atoms with E-state index in [1.54, 1.807) is 17.5 Å². The van der Waals surface area contributed by atoms with Crippen molar-refractivity contribution in [1.29, 1.82) is 0 Å². The maximum atomic E-state index is 11.8. The van der Waals surface area contributed by atoms with Gasteiger partial charge in [0.15, 0.2) is 0 Å². The summed E-state index contributed by atoms with van der Waals surface area (Å²) in [7, 11) is 1.40. The Kier molecular flexibility index (Phi) is 7.24. The molecular weight excluding hydrogens is 438 g/mol. The highest BCUT2D eigenvalue weighted by atomic mass is 32.1. The SMILES string of the molecule is CCc1csc(-c2ccc(OCCCOc3ccc4c(ccn4[C@H](C)C(=O)OC)c3)nc2)n1. The second kappa shape index (κ2) is 10.5. The highest BCUT2D eigenvalue weighted by Gasteiger charge is 2.17. The number of fused-ring (bicyclic) bond motifs is 1. The lowest BCUT2D eigenvalue weighted by molar-refractivity contribution is -0.143. The Morgan fingerprint density at radius 3 is 2.73 bits per heavy atom. The van der Waals surface area contributed by atoms with Crippen molar-refractivity contribution in [2.75, 3.05) is 20.3 Å². The van der Waals surface area contributed by atoms with Crippen LogP contribution in [0.3, 0.4) is 0 Å². The second-order valence-electron chi connectivity index (χ2n) is 7.58. The molecule has 0 bridgehead atoms. The monoisotopic (exact) mass is 465 g/mol. The first-order valence-electron chi connectivity index (χ1n) is 10.9. The van der Waals surface area contributed by atoms with Gasteiger partial charge in [-0.25, -0.2) is 14.8 Å². The first-order chi connectivity index (χ1) is 16.1. The third kappa shape index (κ3) is 5.34. The zero-order valence-electron chi connectivity index (χ0n) is 19.0. The molecule has 1 aromatic carbocycles. The average Bonchev–Trinajstić information content (AvgIpc) is 3.50. The number of aromatic nitrogens is 3. The Morgan fingerprint density at radius 1 is 1.15 bits per heavy atom. The van der Waals surface area contributed by atoms with Crippen LogP contribution in [0, 0.1) is 0 Å². The summed E-state index contributed by atoms with van der Waals surface area (Å²) in [6.07, 6.45) is 5.35. The fourth-order valence-electron chi connectivity index (χ4n) is 3.47. The van der Waals surface area contributed by atoms with Crippen LogP contribution >= 0.6 is 11.3 Å². The Hall–Kier alpha value is -3.39. The minimum Gasteiger partial charge on any atom is -0.493 e. The number of rotatable bonds is 10. The number of hydrogen-bond donors (Lipinski definition) is 0. The molecule has 0 aliphatic heterocycles. The van der Waals surface area contributed by atoms with Gasteiger partial charge in [-0.1, -0.05) is 6.92 Å². The number of nitrogens with zero attached hydrogens (tertiary/aromatic N) is 3. The minimum absolute atomic E-state index is 0.272. The minimum atomic E-state index is -0.380. The van der Waals surface area contributed by atoms with Gasteiger partial charge >= 0.3 is 5.97 Å². The molecule has 0 saturated carbocycles. The van der Waals surface area contributed by atoms with E-state index in [0.717, 1.165) is 45.8 Å². The van der Waals surface area contributed by atoms with Crippen molar-refractivity contribution in [1.82, 2.24) is 14.5 Å². The number of carbonyl (C=O) groups is 1. The van der Waals surface area contributed by atoms with Gasteiger partial charge in [-0.3, -0.25) is 0 Å². The molecule has 4 aromatic rings. The van der Waals surface area contributed by atoms with Gasteiger partial charge in [-0.05, 0) is 43.7 Å². The molecule has 0 aliphatic rings. The third-order valence-corrected chi connectivity index (χ3v) is 6.30. The van der Waals surface area contributed by atoms with E-state index >= 15 is 0 Å². The first kappa shape index (κ1) is 22.8. The van der Waals surface area contributed by atoms with Crippen molar-refractivity contribution in [3.05, 3.63) is 59.9 Å². The maximum Gasteiger partial charge on any atom is 0.328 e. The van der Waals surface area contributed by atoms with Crippen LogP contribution in [0.2, 0.25) is 0 Å². The van der Waals surface area contributed by atoms with Crippen molar-refractivity contribution in [3.63, 3.8) is 0 Å². The summed E-state index contributed by atoms with van der Waals surface area (Å²) in [5.74, 6) is 1.10. The standard InChI is InChI=1S/C25H27N3O4S/c1-4-20-16-33-24(27-20)19-6-9-23(26-15-19)32-13-5-12-31-21-7-8-22-18(14-21)10-11-28(22)17(2)25(29)30-3/h6-11,14-17H,4-5,12-13H2,1-3H3/t17-/m1/s1. The maximum absolute atomic E-state index is 11.8. The van der Waals surface area contributed by atoms with Crippen molar-refractivity contribution in [2.45, 2.75) is 32.7 Å². The molecule has 0 spiro atoms.